The summed E-state index contributed by atoms with van der Waals surface area (Å²) in [6.45, 7) is 0. The zero-order valence-electron chi connectivity index (χ0n) is 8.31. The number of benzene rings is 1. The first-order valence-electron chi connectivity index (χ1n) is 5.13. The van der Waals surface area contributed by atoms with Gasteiger partial charge >= 0.3 is 0 Å². The van der Waals surface area contributed by atoms with Crippen LogP contribution in [0, 0.1) is 0 Å². The molecule has 2 aromatic rings. The highest BCUT2D eigenvalue weighted by atomic mass is 32.1. The molecule has 0 aliphatic heterocycles. The van der Waals surface area contributed by atoms with Gasteiger partial charge in [-0.05, 0) is 35.2 Å². The van der Waals surface area contributed by atoms with Crippen LogP contribution in [0.25, 0.3) is 10.1 Å². The maximum Gasteiger partial charge on any atom is 0.0582 e. The standard InChI is InChI=1S/C12H13NOS/c13-12(5-8(14)6-12)10-7-15-11-4-2-1-3-9(10)11/h1-4,7-8,14H,5-6,13H2. The van der Waals surface area contributed by atoms with Crippen molar-refractivity contribution in [3.05, 3.63) is 35.2 Å². The summed E-state index contributed by atoms with van der Waals surface area (Å²) < 4.78 is 1.28. The van der Waals surface area contributed by atoms with E-state index in [0.29, 0.717) is 12.8 Å². The summed E-state index contributed by atoms with van der Waals surface area (Å²) in [5.74, 6) is 0. The minimum absolute atomic E-state index is 0.214. The van der Waals surface area contributed by atoms with E-state index in [0.717, 1.165) is 0 Å². The molecule has 3 heteroatoms. The number of hydrogen-bond donors (Lipinski definition) is 2. The minimum atomic E-state index is -0.293. The molecule has 3 N–H and O–H groups in total. The van der Waals surface area contributed by atoms with Gasteiger partial charge in [-0.2, -0.15) is 0 Å². The van der Waals surface area contributed by atoms with E-state index in [1.54, 1.807) is 11.3 Å². The summed E-state index contributed by atoms with van der Waals surface area (Å²) >= 11 is 1.73. The predicted molar refractivity (Wildman–Crippen MR) is 62.9 cm³/mol. The lowest BCUT2D eigenvalue weighted by Crippen LogP contribution is -2.51. The Morgan fingerprint density at radius 3 is 2.80 bits per heavy atom. The molecule has 1 aromatic heterocycles. The number of aliphatic hydroxyl groups excluding tert-OH is 1. The Morgan fingerprint density at radius 2 is 2.07 bits per heavy atom. The number of thiophene rings is 1. The van der Waals surface area contributed by atoms with E-state index in [1.807, 2.05) is 12.1 Å². The molecule has 3 rings (SSSR count). The molecule has 0 bridgehead atoms. The van der Waals surface area contributed by atoms with Gasteiger partial charge < -0.3 is 10.8 Å². The fourth-order valence-corrected chi connectivity index (χ4v) is 3.43. The van der Waals surface area contributed by atoms with Crippen LogP contribution in [0.3, 0.4) is 0 Å². The van der Waals surface area contributed by atoms with Crippen molar-refractivity contribution in [2.75, 3.05) is 0 Å². The summed E-state index contributed by atoms with van der Waals surface area (Å²) in [5, 5.41) is 12.8. The number of aliphatic hydroxyl groups is 1. The maximum atomic E-state index is 9.38. The SMILES string of the molecule is NC1(c2csc3ccccc23)CC(O)C1. The molecule has 1 heterocycles. The second kappa shape index (κ2) is 3.04. The van der Waals surface area contributed by atoms with E-state index in [1.165, 1.54) is 15.6 Å². The third-order valence-corrected chi connectivity index (χ3v) is 4.18. The average molecular weight is 219 g/mol. The van der Waals surface area contributed by atoms with Crippen LogP contribution in [-0.2, 0) is 5.54 Å². The second-order valence-electron chi connectivity index (χ2n) is 4.36. The van der Waals surface area contributed by atoms with Crippen LogP contribution in [0.15, 0.2) is 29.6 Å². The fraction of sp³-hybridized carbons (Fsp3) is 0.333. The van der Waals surface area contributed by atoms with Crippen LogP contribution in [0.2, 0.25) is 0 Å². The first-order valence-corrected chi connectivity index (χ1v) is 6.01. The van der Waals surface area contributed by atoms with E-state index in [9.17, 15) is 5.11 Å². The van der Waals surface area contributed by atoms with Crippen molar-refractivity contribution in [1.82, 2.24) is 0 Å². The van der Waals surface area contributed by atoms with Crippen LogP contribution >= 0.6 is 11.3 Å². The van der Waals surface area contributed by atoms with Crippen molar-refractivity contribution >= 4 is 21.4 Å². The number of nitrogens with two attached hydrogens (primary N) is 1. The van der Waals surface area contributed by atoms with Crippen LogP contribution in [0.5, 0.6) is 0 Å². The third kappa shape index (κ3) is 1.31. The smallest absolute Gasteiger partial charge is 0.0582 e. The monoisotopic (exact) mass is 219 g/mol. The summed E-state index contributed by atoms with van der Waals surface area (Å²) in [4.78, 5) is 0. The van der Waals surface area contributed by atoms with Gasteiger partial charge in [0.25, 0.3) is 0 Å². The third-order valence-electron chi connectivity index (χ3n) is 3.22. The first-order chi connectivity index (χ1) is 7.19. The van der Waals surface area contributed by atoms with Gasteiger partial charge in [-0.25, -0.2) is 0 Å². The second-order valence-corrected chi connectivity index (χ2v) is 5.27. The van der Waals surface area contributed by atoms with Gasteiger partial charge in [0.15, 0.2) is 0 Å². The Balaban J connectivity index is 2.12. The van der Waals surface area contributed by atoms with Gasteiger partial charge in [0, 0.05) is 10.2 Å². The highest BCUT2D eigenvalue weighted by Crippen LogP contribution is 2.43. The normalized spacial score (nSPS) is 30.4. The van der Waals surface area contributed by atoms with E-state index >= 15 is 0 Å². The molecule has 1 aromatic carbocycles. The molecule has 0 spiro atoms. The van der Waals surface area contributed by atoms with Crippen LogP contribution in [0.1, 0.15) is 18.4 Å². The molecule has 15 heavy (non-hydrogen) atoms. The molecule has 0 amide bonds. The van der Waals surface area contributed by atoms with Gasteiger partial charge in [-0.1, -0.05) is 18.2 Å². The molecular weight excluding hydrogens is 206 g/mol. The molecular formula is C12H13NOS. The van der Waals surface area contributed by atoms with Crippen molar-refractivity contribution in [2.24, 2.45) is 5.73 Å². The van der Waals surface area contributed by atoms with Crippen LogP contribution in [-0.4, -0.2) is 11.2 Å². The molecule has 0 unspecified atom stereocenters. The van der Waals surface area contributed by atoms with Crippen molar-refractivity contribution in [1.29, 1.82) is 0 Å². The quantitative estimate of drug-likeness (QED) is 0.772. The minimum Gasteiger partial charge on any atom is -0.393 e. The summed E-state index contributed by atoms with van der Waals surface area (Å²) in [6.07, 6.45) is 1.16. The van der Waals surface area contributed by atoms with Gasteiger partial charge in [0.1, 0.15) is 0 Å². The van der Waals surface area contributed by atoms with Crippen molar-refractivity contribution in [3.63, 3.8) is 0 Å². The maximum absolute atomic E-state index is 9.38. The van der Waals surface area contributed by atoms with E-state index in [2.05, 4.69) is 17.5 Å². The van der Waals surface area contributed by atoms with Crippen molar-refractivity contribution < 1.29 is 5.11 Å². The molecule has 1 aliphatic rings. The lowest BCUT2D eigenvalue weighted by Gasteiger charge is -2.42. The lowest BCUT2D eigenvalue weighted by molar-refractivity contribution is 0.0218. The van der Waals surface area contributed by atoms with Crippen molar-refractivity contribution in [3.8, 4) is 0 Å². The average Bonchev–Trinajstić information content (AvgIpc) is 2.59. The van der Waals surface area contributed by atoms with E-state index < -0.39 is 0 Å². The number of hydrogen-bond acceptors (Lipinski definition) is 3. The number of fused-ring (bicyclic) bond motifs is 1. The molecule has 1 fully saturated rings. The molecule has 1 aliphatic carbocycles. The molecule has 1 saturated carbocycles. The molecule has 0 saturated heterocycles. The summed E-state index contributed by atoms with van der Waals surface area (Å²) in [6, 6.07) is 8.31. The van der Waals surface area contributed by atoms with Crippen LogP contribution in [0.4, 0.5) is 0 Å². The molecule has 2 nitrogen and oxygen atoms in total. The Bertz CT molecular complexity index is 499. The van der Waals surface area contributed by atoms with Gasteiger partial charge in [-0.15, -0.1) is 11.3 Å². The summed E-state index contributed by atoms with van der Waals surface area (Å²) in [7, 11) is 0. The van der Waals surface area contributed by atoms with Gasteiger partial charge in [0.2, 0.25) is 0 Å². The fourth-order valence-electron chi connectivity index (χ4n) is 2.36. The van der Waals surface area contributed by atoms with E-state index in [4.69, 9.17) is 5.73 Å². The Kier molecular flexibility index (Phi) is 1.89. The summed E-state index contributed by atoms with van der Waals surface area (Å²) in [5.41, 5.74) is 7.18. The highest BCUT2D eigenvalue weighted by Gasteiger charge is 2.42. The molecule has 0 atom stereocenters. The Morgan fingerprint density at radius 1 is 1.33 bits per heavy atom. The van der Waals surface area contributed by atoms with Crippen molar-refractivity contribution in [2.45, 2.75) is 24.5 Å². The first kappa shape index (κ1) is 9.33. The largest absolute Gasteiger partial charge is 0.393 e. The number of rotatable bonds is 1. The Hall–Kier alpha value is -0.900. The highest BCUT2D eigenvalue weighted by molar-refractivity contribution is 7.17. The van der Waals surface area contributed by atoms with Gasteiger partial charge in [-0.3, -0.25) is 0 Å². The van der Waals surface area contributed by atoms with Gasteiger partial charge in [0.05, 0.1) is 6.10 Å². The van der Waals surface area contributed by atoms with E-state index in [-0.39, 0.29) is 11.6 Å². The zero-order valence-corrected chi connectivity index (χ0v) is 9.13. The zero-order chi connectivity index (χ0) is 10.5. The molecule has 78 valence electrons. The predicted octanol–water partition coefficient (Wildman–Crippen LogP) is 2.21. The Labute approximate surface area is 92.3 Å². The van der Waals surface area contributed by atoms with Crippen LogP contribution < -0.4 is 5.73 Å². The molecule has 0 radical (unpaired) electrons. The topological polar surface area (TPSA) is 46.2 Å². The lowest BCUT2D eigenvalue weighted by atomic mass is 9.70.